The molecule has 0 saturated carbocycles. The second kappa shape index (κ2) is 10.0. The minimum Gasteiger partial charge on any atom is -0.326 e. The molecule has 2 atom stereocenters. The van der Waals surface area contributed by atoms with Crippen molar-refractivity contribution in [3.63, 3.8) is 0 Å². The predicted octanol–water partition coefficient (Wildman–Crippen LogP) is 7.16. The van der Waals surface area contributed by atoms with Gasteiger partial charge in [0.1, 0.15) is 9.75 Å². The predicted molar refractivity (Wildman–Crippen MR) is 161 cm³/mol. The van der Waals surface area contributed by atoms with Gasteiger partial charge in [0.25, 0.3) is 0 Å². The number of benzene rings is 3. The van der Waals surface area contributed by atoms with Crippen LogP contribution in [0.15, 0.2) is 65.1 Å². The van der Waals surface area contributed by atoms with E-state index in [0.717, 1.165) is 43.5 Å². The molecule has 1 heterocycles. The number of imide groups is 1. The average Bonchev–Trinajstić information content (AvgIpc) is 3.20. The molecule has 4 aliphatic rings. The number of nitrogens with one attached hydrogen (secondary N) is 1. The number of aryl methyl sites for hydroxylation is 2. The van der Waals surface area contributed by atoms with Crippen LogP contribution in [0, 0.1) is 25.7 Å². The first kappa shape index (κ1) is 27.5. The Bertz CT molecular complexity index is 1450. The fourth-order valence-corrected chi connectivity index (χ4v) is 8.36. The van der Waals surface area contributed by atoms with Crippen molar-refractivity contribution in [3.05, 3.63) is 98.5 Å². The molecule has 0 aromatic heterocycles. The lowest BCUT2D eigenvalue weighted by atomic mass is 9.54. The zero-order valence-electron chi connectivity index (χ0n) is 22.3. The first-order valence-corrected chi connectivity index (χ1v) is 15.1. The Balaban J connectivity index is 1.14. The second-order valence-corrected chi connectivity index (χ2v) is 13.1. The van der Waals surface area contributed by atoms with Crippen LogP contribution in [-0.4, -0.2) is 29.2 Å². The van der Waals surface area contributed by atoms with E-state index in [1.807, 2.05) is 74.5 Å². The van der Waals surface area contributed by atoms with E-state index in [1.54, 1.807) is 0 Å². The lowest BCUT2D eigenvalue weighted by Crippen LogP contribution is -2.57. The van der Waals surface area contributed by atoms with E-state index in [4.69, 9.17) is 23.2 Å². The van der Waals surface area contributed by atoms with Gasteiger partial charge in [-0.05, 0) is 72.2 Å². The standard InChI is InChI=1S/C32H29BrCl2N2O3/c1-18-17-25(19(2)16-24(18)33)36-26(38)14-4-3-9-15-37-29(39)27-28(30(37)40)32(35)21-11-6-5-10-20(21)31(27,34)22-12-7-8-13-23(22)32/h5-8,10-13,16-17,27-28H,3-4,9,14-15H2,1-2H3,(H,36,38)/t27-,28+,31?,32?. The molecule has 1 fully saturated rings. The molecule has 0 spiro atoms. The summed E-state index contributed by atoms with van der Waals surface area (Å²) in [4.78, 5) is 39.3. The van der Waals surface area contributed by atoms with Gasteiger partial charge in [-0.25, -0.2) is 0 Å². The Morgan fingerprint density at radius 2 is 1.32 bits per heavy atom. The topological polar surface area (TPSA) is 66.5 Å². The minimum absolute atomic E-state index is 0.0514. The van der Waals surface area contributed by atoms with E-state index in [2.05, 4.69) is 21.2 Å². The summed E-state index contributed by atoms with van der Waals surface area (Å²) < 4.78 is 1.01. The number of alkyl halides is 2. The molecule has 1 N–H and O–H groups in total. The summed E-state index contributed by atoms with van der Waals surface area (Å²) in [5.41, 5.74) is 6.06. The van der Waals surface area contributed by atoms with Gasteiger partial charge in [0.05, 0.1) is 11.8 Å². The van der Waals surface area contributed by atoms with Gasteiger partial charge < -0.3 is 5.32 Å². The Labute approximate surface area is 252 Å². The number of carbonyl (C=O) groups excluding carboxylic acids is 3. The Morgan fingerprint density at radius 1 is 0.825 bits per heavy atom. The molecular formula is C32H29BrCl2N2O3. The quantitative estimate of drug-likeness (QED) is 0.170. The maximum absolute atomic E-state index is 13.9. The molecule has 1 saturated heterocycles. The fourth-order valence-electron chi connectivity index (χ4n) is 6.81. The number of anilines is 1. The highest BCUT2D eigenvalue weighted by Crippen LogP contribution is 2.69. The van der Waals surface area contributed by atoms with Crippen molar-refractivity contribution in [2.75, 3.05) is 11.9 Å². The normalized spacial score (nSPS) is 26.0. The summed E-state index contributed by atoms with van der Waals surface area (Å²) in [5, 5.41) is 2.99. The number of amides is 3. The van der Waals surface area contributed by atoms with E-state index in [1.165, 1.54) is 4.90 Å². The van der Waals surface area contributed by atoms with Crippen molar-refractivity contribution < 1.29 is 14.4 Å². The van der Waals surface area contributed by atoms with Crippen LogP contribution >= 0.6 is 39.1 Å². The van der Waals surface area contributed by atoms with Crippen molar-refractivity contribution >= 4 is 62.5 Å². The molecule has 206 valence electrons. The van der Waals surface area contributed by atoms with E-state index in [0.29, 0.717) is 25.7 Å². The van der Waals surface area contributed by atoms with Crippen molar-refractivity contribution in [2.24, 2.45) is 11.8 Å². The van der Waals surface area contributed by atoms with Gasteiger partial charge in [-0.3, -0.25) is 19.3 Å². The number of hydrogen-bond acceptors (Lipinski definition) is 3. The van der Waals surface area contributed by atoms with Crippen LogP contribution in [0.25, 0.3) is 0 Å². The first-order valence-electron chi connectivity index (χ1n) is 13.6. The minimum atomic E-state index is -1.16. The number of nitrogens with zero attached hydrogens (tertiary/aromatic N) is 1. The number of unbranched alkanes of at least 4 members (excludes halogenated alkanes) is 2. The second-order valence-electron chi connectivity index (χ2n) is 11.1. The molecule has 0 unspecified atom stereocenters. The van der Waals surface area contributed by atoms with Crippen LogP contribution in [-0.2, 0) is 24.1 Å². The summed E-state index contributed by atoms with van der Waals surface area (Å²) in [6, 6.07) is 19.2. The fraction of sp³-hybridized carbons (Fsp3) is 0.344. The Kier molecular flexibility index (Phi) is 6.88. The molecule has 2 bridgehead atoms. The number of hydrogen-bond donors (Lipinski definition) is 1. The summed E-state index contributed by atoms with van der Waals surface area (Å²) >= 11 is 18.4. The summed E-state index contributed by atoms with van der Waals surface area (Å²) in [6.45, 7) is 4.22. The Hall–Kier alpha value is -2.67. The maximum atomic E-state index is 13.9. The zero-order valence-corrected chi connectivity index (χ0v) is 25.4. The average molecular weight is 640 g/mol. The largest absolute Gasteiger partial charge is 0.326 e. The number of halogens is 3. The van der Waals surface area contributed by atoms with Crippen molar-refractivity contribution in [3.8, 4) is 0 Å². The van der Waals surface area contributed by atoms with Gasteiger partial charge in [-0.15, -0.1) is 23.2 Å². The molecular weight excluding hydrogens is 611 g/mol. The SMILES string of the molecule is Cc1cc(NC(=O)CCCCCN2C(=O)[C@@H]3[C@H](C2=O)C2(Cl)c4ccccc4C3(Cl)c3ccccc32)c(C)cc1Br. The van der Waals surface area contributed by atoms with Crippen LogP contribution < -0.4 is 5.32 Å². The first-order chi connectivity index (χ1) is 19.1. The molecule has 8 heteroatoms. The lowest BCUT2D eigenvalue weighted by molar-refractivity contribution is -0.140. The van der Waals surface area contributed by atoms with Crippen molar-refractivity contribution in [1.29, 1.82) is 0 Å². The molecule has 40 heavy (non-hydrogen) atoms. The number of carbonyl (C=O) groups is 3. The van der Waals surface area contributed by atoms with Crippen LogP contribution in [0.5, 0.6) is 0 Å². The third-order valence-electron chi connectivity index (χ3n) is 8.74. The monoisotopic (exact) mass is 638 g/mol. The van der Waals surface area contributed by atoms with Gasteiger partial charge in [-0.1, -0.05) is 70.9 Å². The highest BCUT2D eigenvalue weighted by Gasteiger charge is 2.72. The molecule has 5 nitrogen and oxygen atoms in total. The van der Waals surface area contributed by atoms with Gasteiger partial charge in [0.2, 0.25) is 17.7 Å². The summed E-state index contributed by atoms with van der Waals surface area (Å²) in [6.07, 6.45) is 2.32. The third-order valence-corrected chi connectivity index (χ3v) is 10.9. The van der Waals surface area contributed by atoms with Crippen LogP contribution in [0.4, 0.5) is 5.69 Å². The van der Waals surface area contributed by atoms with Crippen molar-refractivity contribution in [2.45, 2.75) is 49.3 Å². The highest BCUT2D eigenvalue weighted by molar-refractivity contribution is 9.10. The molecule has 3 aromatic rings. The number of rotatable bonds is 7. The molecule has 0 radical (unpaired) electrons. The van der Waals surface area contributed by atoms with Crippen LogP contribution in [0.3, 0.4) is 0 Å². The third kappa shape index (κ3) is 3.90. The smallest absolute Gasteiger partial charge is 0.235 e. The number of likely N-dealkylation sites (tertiary alicyclic amines) is 1. The van der Waals surface area contributed by atoms with E-state index >= 15 is 0 Å². The van der Waals surface area contributed by atoms with Gasteiger partial charge in [0.15, 0.2) is 0 Å². The van der Waals surface area contributed by atoms with E-state index in [9.17, 15) is 14.4 Å². The van der Waals surface area contributed by atoms with Crippen LogP contribution in [0.1, 0.15) is 59.1 Å². The maximum Gasteiger partial charge on any atom is 0.235 e. The van der Waals surface area contributed by atoms with Gasteiger partial charge >= 0.3 is 0 Å². The highest BCUT2D eigenvalue weighted by atomic mass is 79.9. The molecule has 3 aromatic carbocycles. The van der Waals surface area contributed by atoms with Gasteiger partial charge in [0, 0.05) is 23.1 Å². The molecule has 1 aliphatic heterocycles. The summed E-state index contributed by atoms with van der Waals surface area (Å²) in [5.74, 6) is -2.13. The van der Waals surface area contributed by atoms with Crippen LogP contribution in [0.2, 0.25) is 0 Å². The molecule has 3 amide bonds. The zero-order chi connectivity index (χ0) is 28.4. The van der Waals surface area contributed by atoms with E-state index in [-0.39, 0.29) is 24.3 Å². The summed E-state index contributed by atoms with van der Waals surface area (Å²) in [7, 11) is 0. The lowest BCUT2D eigenvalue weighted by Gasteiger charge is -2.54. The van der Waals surface area contributed by atoms with E-state index < -0.39 is 21.6 Å². The molecule has 3 aliphatic carbocycles. The molecule has 7 rings (SSSR count). The van der Waals surface area contributed by atoms with Crippen molar-refractivity contribution in [1.82, 2.24) is 4.90 Å². The Morgan fingerprint density at radius 3 is 1.82 bits per heavy atom. The van der Waals surface area contributed by atoms with Gasteiger partial charge in [-0.2, -0.15) is 0 Å².